The largest absolute Gasteiger partial charge is 0.378 e. The Morgan fingerprint density at radius 1 is 0.795 bits per heavy atom. The molecule has 0 spiro atoms. The van der Waals surface area contributed by atoms with Crippen LogP contribution in [-0.2, 0) is 4.74 Å². The first-order valence-corrected chi connectivity index (χ1v) is 18.1. The van der Waals surface area contributed by atoms with Gasteiger partial charge in [-0.2, -0.15) is 0 Å². The molecule has 0 aromatic heterocycles. The quantitative estimate of drug-likeness (QED) is 0.140. The minimum absolute atomic E-state index is 0.461. The summed E-state index contributed by atoms with van der Waals surface area (Å²) in [5.41, 5.74) is 2.87. The van der Waals surface area contributed by atoms with Crippen LogP contribution in [0.1, 0.15) is 170 Å². The Bertz CT molecular complexity index is 752. The first-order chi connectivity index (χ1) is 18.8. The summed E-state index contributed by atoms with van der Waals surface area (Å²) in [6.45, 7) is 16.1. The summed E-state index contributed by atoms with van der Waals surface area (Å²) >= 11 is 0. The van der Waals surface area contributed by atoms with E-state index < -0.39 is 0 Å². The zero-order valence-corrected chi connectivity index (χ0v) is 27.4. The van der Waals surface area contributed by atoms with Crippen molar-refractivity contribution in [3.63, 3.8) is 0 Å². The Hall–Kier alpha value is -0.300. The Kier molecular flexibility index (Phi) is 12.0. The van der Waals surface area contributed by atoms with Gasteiger partial charge in [0.05, 0.1) is 6.10 Å². The number of hydrogen-bond acceptors (Lipinski definition) is 1. The van der Waals surface area contributed by atoms with E-state index in [1.807, 2.05) is 0 Å². The van der Waals surface area contributed by atoms with E-state index in [2.05, 4.69) is 47.6 Å². The van der Waals surface area contributed by atoms with Crippen molar-refractivity contribution in [2.75, 3.05) is 6.61 Å². The minimum atomic E-state index is 0.461. The molecule has 1 heteroatoms. The second kappa shape index (κ2) is 14.7. The Labute approximate surface area is 245 Å². The van der Waals surface area contributed by atoms with Crippen LogP contribution >= 0.6 is 0 Å². The van der Waals surface area contributed by atoms with E-state index in [0.29, 0.717) is 16.9 Å². The molecule has 0 unspecified atom stereocenters. The van der Waals surface area contributed by atoms with Gasteiger partial charge in [0, 0.05) is 6.61 Å². The maximum atomic E-state index is 6.50. The number of allylic oxidation sites excluding steroid dienone is 1. The van der Waals surface area contributed by atoms with Gasteiger partial charge in [-0.1, -0.05) is 124 Å². The molecule has 0 bridgehead atoms. The summed E-state index contributed by atoms with van der Waals surface area (Å²) in [6.07, 6.45) is 31.4. The van der Waals surface area contributed by atoms with Crippen LogP contribution in [0.5, 0.6) is 0 Å². The van der Waals surface area contributed by atoms with Crippen LogP contribution in [0.15, 0.2) is 11.6 Å². The van der Waals surface area contributed by atoms with Gasteiger partial charge in [0.1, 0.15) is 0 Å². The van der Waals surface area contributed by atoms with Gasteiger partial charge in [0.25, 0.3) is 0 Å². The molecule has 4 aliphatic rings. The molecule has 226 valence electrons. The van der Waals surface area contributed by atoms with Crippen LogP contribution < -0.4 is 0 Å². The molecule has 0 N–H and O–H groups in total. The molecule has 3 fully saturated rings. The van der Waals surface area contributed by atoms with E-state index in [9.17, 15) is 0 Å². The summed E-state index contributed by atoms with van der Waals surface area (Å²) < 4.78 is 6.50. The molecule has 0 amide bonds. The van der Waals surface area contributed by atoms with Gasteiger partial charge in [-0.05, 0) is 104 Å². The average molecular weight is 541 g/mol. The molecular formula is C38H68O. The fraction of sp³-hybridized carbons (Fsp3) is 0.947. The molecule has 0 aromatic rings. The molecule has 39 heavy (non-hydrogen) atoms. The second-order valence-corrected chi connectivity index (χ2v) is 15.9. The third kappa shape index (κ3) is 7.56. The predicted molar refractivity (Wildman–Crippen MR) is 170 cm³/mol. The smallest absolute Gasteiger partial charge is 0.0612 e. The summed E-state index contributed by atoms with van der Waals surface area (Å²) in [5.74, 6) is 5.61. The van der Waals surface area contributed by atoms with Crippen LogP contribution in [0.3, 0.4) is 0 Å². The van der Waals surface area contributed by atoms with Gasteiger partial charge >= 0.3 is 0 Å². The number of hydrogen-bond donors (Lipinski definition) is 0. The third-order valence-electron chi connectivity index (χ3n) is 12.9. The number of unbranched alkanes of at least 4 members (excludes halogenated alkanes) is 8. The predicted octanol–water partition coefficient (Wildman–Crippen LogP) is 11.9. The monoisotopic (exact) mass is 541 g/mol. The zero-order chi connectivity index (χ0) is 27.9. The van der Waals surface area contributed by atoms with Crippen LogP contribution in [0.25, 0.3) is 0 Å². The molecule has 1 nitrogen and oxygen atoms in total. The van der Waals surface area contributed by atoms with Crippen molar-refractivity contribution in [2.45, 2.75) is 176 Å². The van der Waals surface area contributed by atoms with Gasteiger partial charge in [0.15, 0.2) is 0 Å². The number of fused-ring (bicyclic) bond motifs is 5. The summed E-state index contributed by atoms with van der Waals surface area (Å²) in [6, 6.07) is 0. The lowest BCUT2D eigenvalue weighted by molar-refractivity contribution is -0.0641. The Balaban J connectivity index is 1.23. The zero-order valence-electron chi connectivity index (χ0n) is 27.4. The van der Waals surface area contributed by atoms with Crippen molar-refractivity contribution in [1.82, 2.24) is 0 Å². The van der Waals surface area contributed by atoms with Crippen molar-refractivity contribution in [2.24, 2.45) is 46.3 Å². The highest BCUT2D eigenvalue weighted by Gasteiger charge is 2.59. The summed E-state index contributed by atoms with van der Waals surface area (Å²) in [7, 11) is 0. The molecule has 0 radical (unpaired) electrons. The van der Waals surface area contributed by atoms with E-state index in [-0.39, 0.29) is 0 Å². The summed E-state index contributed by atoms with van der Waals surface area (Å²) in [5, 5.41) is 0. The topological polar surface area (TPSA) is 9.23 Å². The first kappa shape index (κ1) is 31.6. The van der Waals surface area contributed by atoms with Crippen molar-refractivity contribution in [3.8, 4) is 0 Å². The van der Waals surface area contributed by atoms with E-state index in [1.54, 1.807) is 5.57 Å². The van der Waals surface area contributed by atoms with Gasteiger partial charge < -0.3 is 4.74 Å². The van der Waals surface area contributed by atoms with Crippen molar-refractivity contribution in [3.05, 3.63) is 11.6 Å². The van der Waals surface area contributed by atoms with Crippen LogP contribution in [0, 0.1) is 46.3 Å². The Morgan fingerprint density at radius 3 is 2.23 bits per heavy atom. The second-order valence-electron chi connectivity index (χ2n) is 15.9. The fourth-order valence-electron chi connectivity index (χ4n) is 10.5. The molecule has 4 rings (SSSR count). The van der Waals surface area contributed by atoms with Crippen LogP contribution in [0.2, 0.25) is 0 Å². The molecular weight excluding hydrogens is 472 g/mol. The molecule has 0 heterocycles. The highest BCUT2D eigenvalue weighted by Crippen LogP contribution is 2.67. The van der Waals surface area contributed by atoms with E-state index in [0.717, 1.165) is 42.1 Å². The molecule has 8 atom stereocenters. The van der Waals surface area contributed by atoms with E-state index in [1.165, 1.54) is 128 Å². The SMILES string of the molecule is CCCCCCCCCCCO[C@H]1CC[C@@]2(C)C(=CC[C@H]3[C@@H]4CC[C@H]([C@H](C)CCCC(C)C)[C@@]4(C)CC[C@@H]32)C1. The lowest BCUT2D eigenvalue weighted by Gasteiger charge is -2.58. The first-order valence-electron chi connectivity index (χ1n) is 18.1. The van der Waals surface area contributed by atoms with Crippen molar-refractivity contribution < 1.29 is 4.74 Å². The fourth-order valence-corrected chi connectivity index (χ4v) is 10.5. The van der Waals surface area contributed by atoms with Crippen molar-refractivity contribution >= 4 is 0 Å². The molecule has 0 aromatic carbocycles. The Morgan fingerprint density at radius 2 is 1.51 bits per heavy atom. The highest BCUT2D eigenvalue weighted by molar-refractivity contribution is 5.25. The highest BCUT2D eigenvalue weighted by atomic mass is 16.5. The van der Waals surface area contributed by atoms with Crippen LogP contribution in [-0.4, -0.2) is 12.7 Å². The van der Waals surface area contributed by atoms with Crippen LogP contribution in [0.4, 0.5) is 0 Å². The molecule has 4 aliphatic carbocycles. The standard InChI is InChI=1S/C38H68O/c1-7-8-9-10-11-12-13-14-15-27-39-32-23-25-37(5)31(28-32)19-20-33-35-22-21-34(30(4)18-16-17-29(2)3)38(35,6)26-24-36(33)37/h19,29-30,32-36H,7-18,20-28H2,1-6H3/t30-,32+,33+,34-,35+,36+,37+,38-/m1/s1. The van der Waals surface area contributed by atoms with Gasteiger partial charge in [0.2, 0.25) is 0 Å². The lowest BCUT2D eigenvalue weighted by atomic mass is 9.47. The van der Waals surface area contributed by atoms with E-state index in [4.69, 9.17) is 4.74 Å². The molecule has 0 aliphatic heterocycles. The van der Waals surface area contributed by atoms with Gasteiger partial charge in [-0.3, -0.25) is 0 Å². The number of ether oxygens (including phenoxy) is 1. The average Bonchev–Trinajstić information content (AvgIpc) is 3.27. The normalized spacial score (nSPS) is 36.8. The lowest BCUT2D eigenvalue weighted by Crippen LogP contribution is -2.51. The molecule has 3 saturated carbocycles. The van der Waals surface area contributed by atoms with Crippen molar-refractivity contribution in [1.29, 1.82) is 0 Å². The summed E-state index contributed by atoms with van der Waals surface area (Å²) in [4.78, 5) is 0. The van der Waals surface area contributed by atoms with Gasteiger partial charge in [-0.25, -0.2) is 0 Å². The number of rotatable bonds is 16. The maximum Gasteiger partial charge on any atom is 0.0612 e. The van der Waals surface area contributed by atoms with E-state index >= 15 is 0 Å². The maximum absolute atomic E-state index is 6.50. The minimum Gasteiger partial charge on any atom is -0.378 e. The molecule has 0 saturated heterocycles. The van der Waals surface area contributed by atoms with Gasteiger partial charge in [-0.15, -0.1) is 0 Å². The third-order valence-corrected chi connectivity index (χ3v) is 12.9.